The molecule has 0 aromatic heterocycles. The van der Waals surface area contributed by atoms with Gasteiger partial charge in [0, 0.05) is 26.6 Å². The van der Waals surface area contributed by atoms with E-state index in [1.807, 2.05) is 20.8 Å². The molecule has 1 rings (SSSR count). The lowest BCUT2D eigenvalue weighted by molar-refractivity contribution is -0.136. The Labute approximate surface area is 102 Å². The van der Waals surface area contributed by atoms with Gasteiger partial charge >= 0.3 is 0 Å². The van der Waals surface area contributed by atoms with Crippen LogP contribution in [0.5, 0.6) is 0 Å². The van der Waals surface area contributed by atoms with Crippen molar-refractivity contribution in [2.45, 2.75) is 33.2 Å². The first-order valence-electron chi connectivity index (χ1n) is 5.93. The van der Waals surface area contributed by atoms with E-state index in [0.717, 1.165) is 0 Å². The van der Waals surface area contributed by atoms with Crippen molar-refractivity contribution in [1.82, 2.24) is 10.2 Å². The van der Waals surface area contributed by atoms with E-state index in [2.05, 4.69) is 5.32 Å². The highest BCUT2D eigenvalue weighted by atomic mass is 16.5. The quantitative estimate of drug-likeness (QED) is 0.779. The van der Waals surface area contributed by atoms with Crippen LogP contribution >= 0.6 is 0 Å². The van der Waals surface area contributed by atoms with Gasteiger partial charge in [-0.1, -0.05) is 20.8 Å². The number of hydrogen-bond acceptors (Lipinski definition) is 3. The summed E-state index contributed by atoms with van der Waals surface area (Å²) in [4.78, 5) is 25.6. The predicted molar refractivity (Wildman–Crippen MR) is 64.5 cm³/mol. The molecule has 98 valence electrons. The summed E-state index contributed by atoms with van der Waals surface area (Å²) in [5.41, 5.74) is -0.275. The minimum Gasteiger partial charge on any atom is -0.383 e. The Morgan fingerprint density at radius 1 is 1.41 bits per heavy atom. The molecular formula is C12H22N2O3. The van der Waals surface area contributed by atoms with Gasteiger partial charge in [0.25, 0.3) is 0 Å². The minimum absolute atomic E-state index is 0.0135. The Morgan fingerprint density at radius 2 is 2.06 bits per heavy atom. The van der Waals surface area contributed by atoms with Gasteiger partial charge in [-0.15, -0.1) is 0 Å². The zero-order valence-electron chi connectivity index (χ0n) is 11.1. The molecule has 0 unspecified atom stereocenters. The molecule has 0 aliphatic carbocycles. The van der Waals surface area contributed by atoms with Gasteiger partial charge < -0.3 is 15.0 Å². The zero-order valence-corrected chi connectivity index (χ0v) is 11.1. The fourth-order valence-corrected chi connectivity index (χ4v) is 1.83. The molecule has 0 aromatic carbocycles. The summed E-state index contributed by atoms with van der Waals surface area (Å²) in [5, 5.41) is 2.80. The highest BCUT2D eigenvalue weighted by Gasteiger charge is 2.37. The van der Waals surface area contributed by atoms with Crippen LogP contribution in [-0.4, -0.2) is 49.6 Å². The van der Waals surface area contributed by atoms with Crippen molar-refractivity contribution < 1.29 is 14.3 Å². The van der Waals surface area contributed by atoms with Crippen LogP contribution < -0.4 is 5.32 Å². The Balaban J connectivity index is 2.82. The van der Waals surface area contributed by atoms with Crippen LogP contribution in [0, 0.1) is 5.41 Å². The van der Waals surface area contributed by atoms with Gasteiger partial charge in [-0.2, -0.15) is 0 Å². The van der Waals surface area contributed by atoms with E-state index in [9.17, 15) is 9.59 Å². The second-order valence-electron chi connectivity index (χ2n) is 5.43. The first-order chi connectivity index (χ1) is 7.86. The van der Waals surface area contributed by atoms with Crippen LogP contribution in [0.3, 0.4) is 0 Å². The minimum atomic E-state index is -0.450. The summed E-state index contributed by atoms with van der Waals surface area (Å²) in [6, 6.07) is -0.450. The van der Waals surface area contributed by atoms with E-state index in [1.165, 1.54) is 0 Å². The summed E-state index contributed by atoms with van der Waals surface area (Å²) >= 11 is 0. The molecule has 1 heterocycles. The molecule has 1 saturated heterocycles. The van der Waals surface area contributed by atoms with Gasteiger partial charge in [0.1, 0.15) is 6.04 Å². The number of rotatable bonds is 3. The Bertz CT molecular complexity index is 297. The number of hydrogen-bond donors (Lipinski definition) is 1. The molecule has 0 bridgehead atoms. The Hall–Kier alpha value is -1.10. The highest BCUT2D eigenvalue weighted by Crippen LogP contribution is 2.22. The van der Waals surface area contributed by atoms with Gasteiger partial charge in [-0.25, -0.2) is 0 Å². The molecule has 1 N–H and O–H groups in total. The summed E-state index contributed by atoms with van der Waals surface area (Å²) in [5.74, 6) is -0.0707. The van der Waals surface area contributed by atoms with Crippen LogP contribution in [-0.2, 0) is 14.3 Å². The van der Waals surface area contributed by atoms with Crippen LogP contribution in [0.1, 0.15) is 27.2 Å². The van der Waals surface area contributed by atoms with Crippen molar-refractivity contribution in [3.05, 3.63) is 0 Å². The molecule has 5 heteroatoms. The smallest absolute Gasteiger partial charge is 0.245 e. The van der Waals surface area contributed by atoms with Crippen molar-refractivity contribution in [3.8, 4) is 0 Å². The van der Waals surface area contributed by atoms with Crippen molar-refractivity contribution in [3.63, 3.8) is 0 Å². The maximum absolute atomic E-state index is 12.3. The van der Waals surface area contributed by atoms with Crippen molar-refractivity contribution in [2.75, 3.05) is 26.8 Å². The van der Waals surface area contributed by atoms with Gasteiger partial charge in [-0.3, -0.25) is 9.59 Å². The molecule has 1 atom stereocenters. The van der Waals surface area contributed by atoms with Crippen LogP contribution in [0.4, 0.5) is 0 Å². The van der Waals surface area contributed by atoms with E-state index in [-0.39, 0.29) is 17.2 Å². The average molecular weight is 242 g/mol. The van der Waals surface area contributed by atoms with Crippen molar-refractivity contribution in [1.29, 1.82) is 0 Å². The fourth-order valence-electron chi connectivity index (χ4n) is 1.83. The number of amides is 2. The number of carbonyl (C=O) groups excluding carboxylic acids is 2. The third-order valence-corrected chi connectivity index (χ3v) is 2.90. The van der Waals surface area contributed by atoms with Crippen LogP contribution in [0.25, 0.3) is 0 Å². The number of nitrogens with one attached hydrogen (secondary N) is 1. The maximum atomic E-state index is 12.3. The van der Waals surface area contributed by atoms with Crippen LogP contribution in [0.15, 0.2) is 0 Å². The summed E-state index contributed by atoms with van der Waals surface area (Å²) in [6.07, 6.45) is 0.363. The average Bonchev–Trinajstić information content (AvgIpc) is 2.36. The van der Waals surface area contributed by atoms with E-state index in [4.69, 9.17) is 4.74 Å². The van der Waals surface area contributed by atoms with Gasteiger partial charge in [0.15, 0.2) is 0 Å². The molecule has 1 aliphatic rings. The van der Waals surface area contributed by atoms with Gasteiger partial charge in [0.05, 0.1) is 6.61 Å². The highest BCUT2D eigenvalue weighted by molar-refractivity contribution is 5.90. The molecule has 17 heavy (non-hydrogen) atoms. The third-order valence-electron chi connectivity index (χ3n) is 2.90. The predicted octanol–water partition coefficient (Wildman–Crippen LogP) is 0.396. The summed E-state index contributed by atoms with van der Waals surface area (Å²) < 4.78 is 4.98. The first-order valence-corrected chi connectivity index (χ1v) is 5.93. The molecule has 1 aliphatic heterocycles. The lowest BCUT2D eigenvalue weighted by Gasteiger charge is -2.32. The third kappa shape index (κ3) is 3.70. The first kappa shape index (κ1) is 14.0. The molecule has 0 saturated carbocycles. The fraction of sp³-hybridized carbons (Fsp3) is 0.833. The standard InChI is InChI=1S/C12H22N2O3/c1-12(2,3)10-11(16)14(7-8-17-4)6-5-9(15)13-10/h10H,5-8H2,1-4H3,(H,13,15)/t10-/m1/s1. The SMILES string of the molecule is COCCN1CCC(=O)N[C@@H](C(C)(C)C)C1=O. The lowest BCUT2D eigenvalue weighted by Crippen LogP contribution is -2.52. The topological polar surface area (TPSA) is 58.6 Å². The van der Waals surface area contributed by atoms with E-state index in [1.54, 1.807) is 12.0 Å². The largest absolute Gasteiger partial charge is 0.383 e. The summed E-state index contributed by atoms with van der Waals surface area (Å²) in [7, 11) is 1.60. The zero-order chi connectivity index (χ0) is 13.1. The second-order valence-corrected chi connectivity index (χ2v) is 5.43. The van der Waals surface area contributed by atoms with E-state index >= 15 is 0 Å². The lowest BCUT2D eigenvalue weighted by atomic mass is 9.86. The number of ether oxygens (including phenoxy) is 1. The number of methoxy groups -OCH3 is 1. The Morgan fingerprint density at radius 3 is 2.59 bits per heavy atom. The monoisotopic (exact) mass is 242 g/mol. The molecule has 0 spiro atoms. The molecular weight excluding hydrogens is 220 g/mol. The maximum Gasteiger partial charge on any atom is 0.245 e. The van der Waals surface area contributed by atoms with Crippen molar-refractivity contribution >= 4 is 11.8 Å². The molecule has 0 radical (unpaired) electrons. The molecule has 1 fully saturated rings. The molecule has 5 nitrogen and oxygen atoms in total. The van der Waals surface area contributed by atoms with E-state index in [0.29, 0.717) is 26.1 Å². The van der Waals surface area contributed by atoms with Crippen LogP contribution in [0.2, 0.25) is 0 Å². The number of carbonyl (C=O) groups is 2. The van der Waals surface area contributed by atoms with Gasteiger partial charge in [-0.05, 0) is 5.41 Å². The molecule has 0 aromatic rings. The summed E-state index contributed by atoms with van der Waals surface area (Å²) in [6.45, 7) is 7.37. The van der Waals surface area contributed by atoms with Gasteiger partial charge in [0.2, 0.25) is 11.8 Å². The normalized spacial score (nSPS) is 22.4. The number of nitrogens with zero attached hydrogens (tertiary/aromatic N) is 1. The van der Waals surface area contributed by atoms with E-state index < -0.39 is 6.04 Å². The van der Waals surface area contributed by atoms with Crippen molar-refractivity contribution in [2.24, 2.45) is 5.41 Å². The Kier molecular flexibility index (Phi) is 4.51. The molecule has 2 amide bonds. The second kappa shape index (κ2) is 5.49.